The number of aliphatic hydroxyl groups excluding tert-OH is 2. The predicted octanol–water partition coefficient (Wildman–Crippen LogP) is 17.8. The Balaban J connectivity index is 4.54. The molecule has 3 atom stereocenters. The lowest BCUT2D eigenvalue weighted by molar-refractivity contribution is -0.151. The number of aliphatic hydroxyl groups is 2. The number of nitrogens with one attached hydrogen (secondary N) is 1. The summed E-state index contributed by atoms with van der Waals surface area (Å²) in [4.78, 5) is 26.2. The summed E-state index contributed by atoms with van der Waals surface area (Å²) in [6, 6.07) is -0.709. The number of hydrogen-bond acceptors (Lipinski definition) is 5. The molecule has 0 saturated heterocycles. The van der Waals surface area contributed by atoms with Gasteiger partial charge in [0.1, 0.15) is 6.10 Å². The van der Waals surface area contributed by atoms with Gasteiger partial charge in [-0.25, -0.2) is 0 Å². The van der Waals surface area contributed by atoms with E-state index in [1.807, 2.05) is 0 Å². The molecule has 66 heavy (non-hydrogen) atoms. The SMILES string of the molecule is CCCCC/C=C\C/C=C\C/C=C\CCCCCCC(=O)OC(CCCCCCC/C=C\CCCCCC)CC(=O)NC(CO)C(O)CCCCCCCCCCCCCCCCCCC. The van der Waals surface area contributed by atoms with Crippen LogP contribution in [-0.2, 0) is 14.3 Å². The summed E-state index contributed by atoms with van der Waals surface area (Å²) in [5, 5.41) is 23.9. The van der Waals surface area contributed by atoms with E-state index in [0.717, 1.165) is 89.9 Å². The van der Waals surface area contributed by atoms with E-state index in [4.69, 9.17) is 4.74 Å². The van der Waals surface area contributed by atoms with Crippen molar-refractivity contribution in [2.24, 2.45) is 0 Å². The normalized spacial score (nSPS) is 13.5. The first-order chi connectivity index (χ1) is 32.5. The summed E-state index contributed by atoms with van der Waals surface area (Å²) in [7, 11) is 0. The Labute approximate surface area is 410 Å². The van der Waals surface area contributed by atoms with Crippen LogP contribution < -0.4 is 5.32 Å². The third-order valence-electron chi connectivity index (χ3n) is 13.1. The Morgan fingerprint density at radius 3 is 1.23 bits per heavy atom. The van der Waals surface area contributed by atoms with Crippen molar-refractivity contribution < 1.29 is 24.5 Å². The van der Waals surface area contributed by atoms with E-state index in [-0.39, 0.29) is 24.9 Å². The van der Waals surface area contributed by atoms with E-state index >= 15 is 0 Å². The standard InChI is InChI=1S/C60H111NO5/c1-4-7-10-13-16-19-22-25-27-29-31-34-37-40-43-46-49-52-58(63)57(55-62)61-59(64)54-56(51-48-45-42-39-36-33-24-21-18-15-12-9-6-3)66-60(65)53-50-47-44-41-38-35-32-30-28-26-23-20-17-14-11-8-5-2/h17,20-21,24,26,28,32,35,56-58,62-63H,4-16,18-19,22-23,25,27,29-31,33-34,36-55H2,1-3H3,(H,61,64)/b20-17-,24-21-,28-26-,35-32-. The maximum absolute atomic E-state index is 13.3. The topological polar surface area (TPSA) is 95.9 Å². The quantitative estimate of drug-likeness (QED) is 0.0321. The fourth-order valence-corrected chi connectivity index (χ4v) is 8.73. The zero-order valence-corrected chi connectivity index (χ0v) is 44.1. The molecule has 6 nitrogen and oxygen atoms in total. The minimum Gasteiger partial charge on any atom is -0.462 e. The Kier molecular flexibility index (Phi) is 52.0. The molecular formula is C60H111NO5. The highest BCUT2D eigenvalue weighted by atomic mass is 16.5. The zero-order valence-electron chi connectivity index (χ0n) is 44.1. The van der Waals surface area contributed by atoms with Gasteiger partial charge in [0, 0.05) is 6.42 Å². The van der Waals surface area contributed by atoms with Crippen molar-refractivity contribution >= 4 is 11.9 Å². The summed E-state index contributed by atoms with van der Waals surface area (Å²) >= 11 is 0. The molecular weight excluding hydrogens is 815 g/mol. The van der Waals surface area contributed by atoms with Gasteiger partial charge >= 0.3 is 5.97 Å². The minimum atomic E-state index is -0.795. The number of unbranched alkanes of at least 4 members (excludes halogenated alkanes) is 32. The van der Waals surface area contributed by atoms with Crippen LogP contribution in [0.25, 0.3) is 0 Å². The van der Waals surface area contributed by atoms with E-state index in [2.05, 4.69) is 74.7 Å². The maximum Gasteiger partial charge on any atom is 0.306 e. The van der Waals surface area contributed by atoms with E-state index in [0.29, 0.717) is 19.3 Å². The third kappa shape index (κ3) is 48.3. The van der Waals surface area contributed by atoms with E-state index in [1.54, 1.807) is 0 Å². The monoisotopic (exact) mass is 926 g/mol. The van der Waals surface area contributed by atoms with Crippen molar-refractivity contribution in [3.8, 4) is 0 Å². The first kappa shape index (κ1) is 63.8. The highest BCUT2D eigenvalue weighted by Crippen LogP contribution is 2.18. The number of allylic oxidation sites excluding steroid dienone is 8. The highest BCUT2D eigenvalue weighted by Gasteiger charge is 2.24. The number of carbonyl (C=O) groups is 2. The van der Waals surface area contributed by atoms with Crippen molar-refractivity contribution in [1.82, 2.24) is 5.32 Å². The molecule has 0 aliphatic carbocycles. The molecule has 6 heteroatoms. The van der Waals surface area contributed by atoms with E-state index in [1.165, 1.54) is 161 Å². The van der Waals surface area contributed by atoms with E-state index < -0.39 is 18.2 Å². The molecule has 0 aromatic rings. The first-order valence-electron chi connectivity index (χ1n) is 28.9. The molecule has 0 aromatic heterocycles. The van der Waals surface area contributed by atoms with Crippen molar-refractivity contribution in [1.29, 1.82) is 0 Å². The van der Waals surface area contributed by atoms with E-state index in [9.17, 15) is 19.8 Å². The smallest absolute Gasteiger partial charge is 0.306 e. The molecule has 0 heterocycles. The molecule has 3 unspecified atom stereocenters. The predicted molar refractivity (Wildman–Crippen MR) is 287 cm³/mol. The molecule has 3 N–H and O–H groups in total. The van der Waals surface area contributed by atoms with Crippen LogP contribution >= 0.6 is 0 Å². The van der Waals surface area contributed by atoms with Gasteiger partial charge in [0.15, 0.2) is 0 Å². The van der Waals surface area contributed by atoms with Crippen molar-refractivity contribution in [3.05, 3.63) is 48.6 Å². The van der Waals surface area contributed by atoms with Crippen LogP contribution in [0.5, 0.6) is 0 Å². The van der Waals surface area contributed by atoms with Crippen LogP contribution in [0.2, 0.25) is 0 Å². The third-order valence-corrected chi connectivity index (χ3v) is 13.1. The molecule has 0 aromatic carbocycles. The number of carbonyl (C=O) groups excluding carboxylic acids is 2. The van der Waals surface area contributed by atoms with Crippen LogP contribution in [0, 0.1) is 0 Å². The van der Waals surface area contributed by atoms with Crippen LogP contribution in [0.3, 0.4) is 0 Å². The molecule has 0 fully saturated rings. The molecule has 0 spiro atoms. The molecule has 0 bridgehead atoms. The molecule has 0 aliphatic rings. The molecule has 0 radical (unpaired) electrons. The summed E-state index contributed by atoms with van der Waals surface area (Å²) in [6.07, 6.45) is 66.0. The second-order valence-corrected chi connectivity index (χ2v) is 19.7. The average Bonchev–Trinajstić information content (AvgIpc) is 3.31. The average molecular weight is 927 g/mol. The van der Waals surface area contributed by atoms with Gasteiger partial charge in [-0.15, -0.1) is 0 Å². The van der Waals surface area contributed by atoms with Crippen molar-refractivity contribution in [3.63, 3.8) is 0 Å². The minimum absolute atomic E-state index is 0.0639. The Morgan fingerprint density at radius 2 is 0.773 bits per heavy atom. The van der Waals surface area contributed by atoms with Crippen LogP contribution in [-0.4, -0.2) is 46.9 Å². The van der Waals surface area contributed by atoms with Gasteiger partial charge in [-0.1, -0.05) is 243 Å². The number of rotatable bonds is 52. The van der Waals surface area contributed by atoms with Crippen LogP contribution in [0.1, 0.15) is 297 Å². The number of ether oxygens (including phenoxy) is 1. The zero-order chi connectivity index (χ0) is 48.1. The molecule has 0 saturated carbocycles. The molecule has 1 amide bonds. The summed E-state index contributed by atoms with van der Waals surface area (Å²) in [5.41, 5.74) is 0. The second-order valence-electron chi connectivity index (χ2n) is 19.7. The van der Waals surface area contributed by atoms with Gasteiger partial charge in [-0.3, -0.25) is 9.59 Å². The van der Waals surface area contributed by atoms with Crippen LogP contribution in [0.15, 0.2) is 48.6 Å². The van der Waals surface area contributed by atoms with Gasteiger partial charge in [-0.2, -0.15) is 0 Å². The van der Waals surface area contributed by atoms with Crippen LogP contribution in [0.4, 0.5) is 0 Å². The Hall–Kier alpha value is -2.18. The molecule has 0 aliphatic heterocycles. The maximum atomic E-state index is 13.3. The number of esters is 1. The lowest BCUT2D eigenvalue weighted by Gasteiger charge is -2.24. The van der Waals surface area contributed by atoms with Gasteiger partial charge in [0.05, 0.1) is 25.2 Å². The fraction of sp³-hybridized carbons (Fsp3) is 0.833. The summed E-state index contributed by atoms with van der Waals surface area (Å²) in [6.45, 7) is 6.46. The Morgan fingerprint density at radius 1 is 0.439 bits per heavy atom. The van der Waals surface area contributed by atoms with Crippen molar-refractivity contribution in [2.45, 2.75) is 315 Å². The van der Waals surface area contributed by atoms with Gasteiger partial charge in [0.2, 0.25) is 5.91 Å². The Bertz CT molecular complexity index is 1130. The summed E-state index contributed by atoms with van der Waals surface area (Å²) in [5.74, 6) is -0.498. The second kappa shape index (κ2) is 53.8. The van der Waals surface area contributed by atoms with Gasteiger partial charge in [-0.05, 0) is 89.9 Å². The largest absolute Gasteiger partial charge is 0.462 e. The first-order valence-corrected chi connectivity index (χ1v) is 28.9. The molecule has 386 valence electrons. The highest BCUT2D eigenvalue weighted by molar-refractivity contribution is 5.77. The lowest BCUT2D eigenvalue weighted by Crippen LogP contribution is -2.46. The summed E-state index contributed by atoms with van der Waals surface area (Å²) < 4.78 is 5.94. The van der Waals surface area contributed by atoms with Gasteiger partial charge < -0.3 is 20.3 Å². The fourth-order valence-electron chi connectivity index (χ4n) is 8.73. The molecule has 0 rings (SSSR count). The number of hydrogen-bond donors (Lipinski definition) is 3. The number of amides is 1. The van der Waals surface area contributed by atoms with Gasteiger partial charge in [0.25, 0.3) is 0 Å². The lowest BCUT2D eigenvalue weighted by atomic mass is 10.0. The van der Waals surface area contributed by atoms with Crippen molar-refractivity contribution in [2.75, 3.05) is 6.61 Å².